The fraction of sp³-hybridized carbons (Fsp3) is 0.0667. The lowest BCUT2D eigenvalue weighted by atomic mass is 10.0. The number of nitrogens with one attached hydrogen (secondary N) is 1. The van der Waals surface area contributed by atoms with Gasteiger partial charge < -0.3 is 4.98 Å². The summed E-state index contributed by atoms with van der Waals surface area (Å²) in [6.45, 7) is 1.97. The Labute approximate surface area is 109 Å². The van der Waals surface area contributed by atoms with Crippen LogP contribution in [0.4, 0.5) is 0 Å². The molecule has 0 fully saturated rings. The molecule has 1 N–H and O–H groups in total. The van der Waals surface area contributed by atoms with Gasteiger partial charge in [-0.3, -0.25) is 10.1 Å². The first-order valence-corrected chi connectivity index (χ1v) is 5.98. The zero-order chi connectivity index (χ0) is 13.4. The van der Waals surface area contributed by atoms with Gasteiger partial charge in [0.05, 0.1) is 10.4 Å². The molecule has 19 heavy (non-hydrogen) atoms. The molecule has 2 aromatic carbocycles. The van der Waals surface area contributed by atoms with Gasteiger partial charge in [-0.05, 0) is 24.1 Å². The summed E-state index contributed by atoms with van der Waals surface area (Å²) < 4.78 is 0. The quantitative estimate of drug-likeness (QED) is 0.555. The van der Waals surface area contributed by atoms with Gasteiger partial charge in [-0.2, -0.15) is 0 Å². The largest absolute Gasteiger partial charge is 0.354 e. The van der Waals surface area contributed by atoms with E-state index in [2.05, 4.69) is 11.1 Å². The molecule has 0 radical (unpaired) electrons. The van der Waals surface area contributed by atoms with Gasteiger partial charge in [0.15, 0.2) is 0 Å². The number of aromatic amines is 1. The van der Waals surface area contributed by atoms with Gasteiger partial charge >= 0.3 is 0 Å². The number of hydrogen-bond acceptors (Lipinski definition) is 2. The molecule has 0 amide bonds. The van der Waals surface area contributed by atoms with E-state index in [9.17, 15) is 10.1 Å². The van der Waals surface area contributed by atoms with E-state index in [0.29, 0.717) is 0 Å². The number of para-hydroxylation sites is 1. The van der Waals surface area contributed by atoms with Crippen molar-refractivity contribution in [3.63, 3.8) is 0 Å². The number of benzene rings is 2. The number of H-pyrrole nitrogens is 1. The Morgan fingerprint density at radius 2 is 1.95 bits per heavy atom. The summed E-state index contributed by atoms with van der Waals surface area (Å²) in [4.78, 5) is 13.3. The van der Waals surface area contributed by atoms with Crippen LogP contribution in [0.15, 0.2) is 42.6 Å². The first-order valence-electron chi connectivity index (χ1n) is 5.98. The smallest absolute Gasteiger partial charge is 0.235 e. The number of hydrogen-bond donors (Lipinski definition) is 1. The molecule has 0 bridgehead atoms. The summed E-state index contributed by atoms with van der Waals surface area (Å²) >= 11 is 0. The Bertz CT molecular complexity index is 815. The van der Waals surface area contributed by atoms with Crippen LogP contribution >= 0.6 is 0 Å². The number of nitro groups is 1. The van der Waals surface area contributed by atoms with E-state index >= 15 is 0 Å². The lowest BCUT2D eigenvalue weighted by molar-refractivity contribution is -0.400. The van der Waals surface area contributed by atoms with Gasteiger partial charge in [0, 0.05) is 22.4 Å². The van der Waals surface area contributed by atoms with Crippen molar-refractivity contribution < 1.29 is 4.92 Å². The number of rotatable bonds is 2. The summed E-state index contributed by atoms with van der Waals surface area (Å²) in [6, 6.07) is 12.0. The number of aromatic nitrogens is 1. The predicted octanol–water partition coefficient (Wildman–Crippen LogP) is 3.88. The molecule has 4 heteroatoms. The Morgan fingerprint density at radius 3 is 2.74 bits per heavy atom. The molecule has 0 saturated carbocycles. The van der Waals surface area contributed by atoms with Gasteiger partial charge in [0.2, 0.25) is 6.20 Å². The van der Waals surface area contributed by atoms with Crippen molar-refractivity contribution in [2.45, 2.75) is 6.92 Å². The van der Waals surface area contributed by atoms with Crippen molar-refractivity contribution in [3.8, 4) is 0 Å². The second kappa shape index (κ2) is 4.24. The molecule has 0 aliphatic carbocycles. The normalized spacial score (nSPS) is 11.6. The summed E-state index contributed by atoms with van der Waals surface area (Å²) in [7, 11) is 0. The van der Waals surface area contributed by atoms with Crippen LogP contribution in [0.3, 0.4) is 0 Å². The average molecular weight is 252 g/mol. The Balaban J connectivity index is 2.27. The maximum atomic E-state index is 10.4. The lowest BCUT2D eigenvalue weighted by Gasteiger charge is -2.01. The van der Waals surface area contributed by atoms with Crippen LogP contribution < -0.4 is 0 Å². The van der Waals surface area contributed by atoms with Crippen molar-refractivity contribution in [2.24, 2.45) is 0 Å². The van der Waals surface area contributed by atoms with Crippen LogP contribution in [-0.2, 0) is 0 Å². The minimum absolute atomic E-state index is 0.450. The monoisotopic (exact) mass is 252 g/mol. The van der Waals surface area contributed by atoms with Crippen molar-refractivity contribution >= 4 is 27.9 Å². The maximum Gasteiger partial charge on any atom is 0.235 e. The zero-order valence-corrected chi connectivity index (χ0v) is 10.4. The van der Waals surface area contributed by atoms with Gasteiger partial charge in [-0.25, -0.2) is 0 Å². The second-order valence-electron chi connectivity index (χ2n) is 4.47. The maximum absolute atomic E-state index is 10.4. The third-order valence-electron chi connectivity index (χ3n) is 3.36. The lowest BCUT2D eigenvalue weighted by Crippen LogP contribution is -1.86. The molecule has 4 nitrogen and oxygen atoms in total. The molecule has 3 aromatic rings. The summed E-state index contributed by atoms with van der Waals surface area (Å²) in [6.07, 6.45) is 2.50. The van der Waals surface area contributed by atoms with E-state index in [0.717, 1.165) is 33.7 Å². The Hall–Kier alpha value is -2.62. The Kier molecular flexibility index (Phi) is 2.56. The third-order valence-corrected chi connectivity index (χ3v) is 3.36. The fourth-order valence-electron chi connectivity index (χ4n) is 2.40. The first kappa shape index (κ1) is 11.5. The highest BCUT2D eigenvalue weighted by atomic mass is 16.6. The summed E-state index contributed by atoms with van der Waals surface area (Å²) in [5.41, 5.74) is 3.99. The standard InChI is InChI=1S/C15H12N2O2/c1-10-11(8-9-17(18)19)6-7-13-12-4-2-3-5-14(12)16-15(10)13/h2-9,16H,1H3/b9-8+. The highest BCUT2D eigenvalue weighted by molar-refractivity contribution is 6.08. The minimum atomic E-state index is -0.450. The fourth-order valence-corrected chi connectivity index (χ4v) is 2.40. The van der Waals surface area contributed by atoms with Crippen LogP contribution in [0, 0.1) is 17.0 Å². The number of fused-ring (bicyclic) bond motifs is 3. The molecule has 0 atom stereocenters. The van der Waals surface area contributed by atoms with Crippen molar-refractivity contribution in [1.29, 1.82) is 0 Å². The summed E-state index contributed by atoms with van der Waals surface area (Å²) in [5.74, 6) is 0. The van der Waals surface area contributed by atoms with Crippen LogP contribution in [-0.4, -0.2) is 9.91 Å². The van der Waals surface area contributed by atoms with E-state index in [1.54, 1.807) is 0 Å². The van der Waals surface area contributed by atoms with E-state index in [-0.39, 0.29) is 0 Å². The van der Waals surface area contributed by atoms with E-state index in [4.69, 9.17) is 0 Å². The van der Waals surface area contributed by atoms with Crippen LogP contribution in [0.2, 0.25) is 0 Å². The average Bonchev–Trinajstić information content (AvgIpc) is 2.77. The topological polar surface area (TPSA) is 58.9 Å². The molecule has 0 aliphatic rings. The van der Waals surface area contributed by atoms with Gasteiger partial charge in [-0.15, -0.1) is 0 Å². The van der Waals surface area contributed by atoms with E-state index < -0.39 is 4.92 Å². The molecule has 0 unspecified atom stereocenters. The van der Waals surface area contributed by atoms with E-state index in [1.807, 2.05) is 37.3 Å². The van der Waals surface area contributed by atoms with Gasteiger partial charge in [0.1, 0.15) is 0 Å². The molecule has 1 heterocycles. The van der Waals surface area contributed by atoms with Crippen molar-refractivity contribution in [1.82, 2.24) is 4.98 Å². The second-order valence-corrected chi connectivity index (χ2v) is 4.47. The van der Waals surface area contributed by atoms with E-state index in [1.165, 1.54) is 11.5 Å². The zero-order valence-electron chi connectivity index (χ0n) is 10.4. The molecular formula is C15H12N2O2. The Morgan fingerprint density at radius 1 is 1.16 bits per heavy atom. The predicted molar refractivity (Wildman–Crippen MR) is 76.6 cm³/mol. The molecule has 0 aliphatic heterocycles. The van der Waals surface area contributed by atoms with Gasteiger partial charge in [-0.1, -0.05) is 30.3 Å². The molecule has 0 saturated heterocycles. The highest BCUT2D eigenvalue weighted by Gasteiger charge is 2.08. The minimum Gasteiger partial charge on any atom is -0.354 e. The van der Waals surface area contributed by atoms with Crippen LogP contribution in [0.1, 0.15) is 11.1 Å². The number of nitrogens with zero attached hydrogens (tertiary/aromatic N) is 1. The summed E-state index contributed by atoms with van der Waals surface area (Å²) in [5, 5.41) is 12.7. The SMILES string of the molecule is Cc1c(/C=C/[N+](=O)[O-])ccc2c1[nH]c1ccccc12. The van der Waals surface area contributed by atoms with Crippen molar-refractivity contribution in [3.05, 3.63) is 63.8 Å². The highest BCUT2D eigenvalue weighted by Crippen LogP contribution is 2.29. The molecule has 3 rings (SSSR count). The van der Waals surface area contributed by atoms with Crippen LogP contribution in [0.25, 0.3) is 27.9 Å². The molecule has 1 aromatic heterocycles. The van der Waals surface area contributed by atoms with Crippen LogP contribution in [0.5, 0.6) is 0 Å². The molecule has 94 valence electrons. The first-order chi connectivity index (χ1) is 9.16. The molecular weight excluding hydrogens is 240 g/mol. The van der Waals surface area contributed by atoms with Gasteiger partial charge in [0.25, 0.3) is 0 Å². The molecule has 0 spiro atoms. The third kappa shape index (κ3) is 1.87. The van der Waals surface area contributed by atoms with Crippen molar-refractivity contribution in [2.75, 3.05) is 0 Å². The number of aryl methyl sites for hydroxylation is 1.